The van der Waals surface area contributed by atoms with Crippen LogP contribution >= 0.6 is 0 Å². The number of ketones is 1. The van der Waals surface area contributed by atoms with E-state index < -0.39 is 41.6 Å². The highest BCUT2D eigenvalue weighted by Crippen LogP contribution is 2.38. The van der Waals surface area contributed by atoms with Gasteiger partial charge in [0.15, 0.2) is 23.6 Å². The van der Waals surface area contributed by atoms with Crippen molar-refractivity contribution >= 4 is 17.7 Å². The Morgan fingerprint density at radius 3 is 2.00 bits per heavy atom. The zero-order chi connectivity index (χ0) is 19.7. The van der Waals surface area contributed by atoms with Gasteiger partial charge in [-0.15, -0.1) is 0 Å². The lowest BCUT2D eigenvalue weighted by atomic mass is 9.75. The summed E-state index contributed by atoms with van der Waals surface area (Å²) in [6, 6.07) is 16.5. The number of hydrogen-bond acceptors (Lipinski definition) is 7. The molecular formula is C21H18O7. The highest BCUT2D eigenvalue weighted by atomic mass is 16.6. The molecule has 7 nitrogen and oxygen atoms in total. The molecule has 0 aromatic heterocycles. The van der Waals surface area contributed by atoms with E-state index in [0.717, 1.165) is 0 Å². The number of ether oxygens (including phenoxy) is 3. The molecule has 2 aromatic carbocycles. The average molecular weight is 382 g/mol. The van der Waals surface area contributed by atoms with E-state index in [2.05, 4.69) is 0 Å². The van der Waals surface area contributed by atoms with Crippen molar-refractivity contribution in [2.75, 3.05) is 6.61 Å². The molecule has 2 heterocycles. The number of hydrogen-bond donors (Lipinski definition) is 1. The highest BCUT2D eigenvalue weighted by molar-refractivity contribution is 5.94. The van der Waals surface area contributed by atoms with Crippen molar-refractivity contribution in [1.29, 1.82) is 0 Å². The largest absolute Gasteiger partial charge is 0.452 e. The Morgan fingerprint density at radius 1 is 0.929 bits per heavy atom. The number of fused-ring (bicyclic) bond motifs is 3. The summed E-state index contributed by atoms with van der Waals surface area (Å²) in [4.78, 5) is 37.4. The number of aliphatic hydroxyl groups is 1. The summed E-state index contributed by atoms with van der Waals surface area (Å²) in [6.45, 7) is -0.317. The quantitative estimate of drug-likeness (QED) is 0.801. The molecule has 1 N–H and O–H groups in total. The summed E-state index contributed by atoms with van der Waals surface area (Å²) in [5, 5.41) is 10.9. The molecule has 2 bridgehead atoms. The topological polar surface area (TPSA) is 99.1 Å². The maximum absolute atomic E-state index is 12.5. The Hall–Kier alpha value is -3.03. The van der Waals surface area contributed by atoms with E-state index in [1.54, 1.807) is 60.7 Å². The second-order valence-corrected chi connectivity index (χ2v) is 6.83. The lowest BCUT2D eigenvalue weighted by Gasteiger charge is -2.49. The summed E-state index contributed by atoms with van der Waals surface area (Å²) in [7, 11) is 0. The molecule has 0 radical (unpaired) electrons. The molecule has 2 aromatic rings. The first-order valence-electron chi connectivity index (χ1n) is 8.88. The average Bonchev–Trinajstić information content (AvgIpc) is 2.72. The van der Waals surface area contributed by atoms with Crippen LogP contribution in [0.25, 0.3) is 0 Å². The third kappa shape index (κ3) is 3.19. The van der Waals surface area contributed by atoms with Crippen molar-refractivity contribution in [2.45, 2.75) is 30.3 Å². The third-order valence-electron chi connectivity index (χ3n) is 5.02. The van der Waals surface area contributed by atoms with E-state index in [1.165, 1.54) is 0 Å². The van der Waals surface area contributed by atoms with E-state index in [4.69, 9.17) is 14.2 Å². The molecule has 7 heteroatoms. The van der Waals surface area contributed by atoms with Crippen LogP contribution in [0, 0.1) is 0 Å². The van der Waals surface area contributed by atoms with Gasteiger partial charge in [-0.2, -0.15) is 0 Å². The van der Waals surface area contributed by atoms with Crippen molar-refractivity contribution in [3.05, 3.63) is 71.8 Å². The molecule has 1 saturated carbocycles. The SMILES string of the molecule is O=C(O[C@@H]1[C@@H]2CC(=O)[C@@](O)(CO2)[C@H]1OC(=O)c1ccccc1)c1ccccc1. The third-order valence-corrected chi connectivity index (χ3v) is 5.02. The minimum atomic E-state index is -2.05. The Labute approximate surface area is 160 Å². The zero-order valence-corrected chi connectivity index (χ0v) is 14.8. The lowest BCUT2D eigenvalue weighted by Crippen LogP contribution is -2.72. The Balaban J connectivity index is 1.60. The molecule has 0 unspecified atom stereocenters. The van der Waals surface area contributed by atoms with E-state index in [9.17, 15) is 19.5 Å². The monoisotopic (exact) mass is 382 g/mol. The van der Waals surface area contributed by atoms with Gasteiger partial charge < -0.3 is 19.3 Å². The second kappa shape index (κ2) is 7.18. The van der Waals surface area contributed by atoms with Crippen LogP contribution in [-0.4, -0.2) is 53.3 Å². The normalized spacial score (nSPS) is 28.6. The highest BCUT2D eigenvalue weighted by Gasteiger charge is 2.63. The number of esters is 2. The summed E-state index contributed by atoms with van der Waals surface area (Å²) in [5.74, 6) is -1.87. The van der Waals surface area contributed by atoms with Gasteiger partial charge in [0.05, 0.1) is 17.7 Å². The van der Waals surface area contributed by atoms with Crippen LogP contribution in [0.3, 0.4) is 0 Å². The van der Waals surface area contributed by atoms with Gasteiger partial charge in [-0.3, -0.25) is 4.79 Å². The molecular weight excluding hydrogens is 364 g/mol. The van der Waals surface area contributed by atoms with Crippen molar-refractivity contribution in [3.8, 4) is 0 Å². The minimum Gasteiger partial charge on any atom is -0.452 e. The van der Waals surface area contributed by atoms with Crippen molar-refractivity contribution < 1.29 is 33.7 Å². The summed E-state index contributed by atoms with van der Waals surface area (Å²) in [6.07, 6.45) is -3.37. The molecule has 2 saturated heterocycles. The van der Waals surface area contributed by atoms with Crippen LogP contribution in [0.5, 0.6) is 0 Å². The fraction of sp³-hybridized carbons (Fsp3) is 0.286. The van der Waals surface area contributed by atoms with E-state index in [-0.39, 0.29) is 18.6 Å². The van der Waals surface area contributed by atoms with Gasteiger partial charge in [-0.05, 0) is 24.3 Å². The summed E-state index contributed by atoms with van der Waals surface area (Å²) < 4.78 is 16.5. The maximum atomic E-state index is 12.5. The van der Waals surface area contributed by atoms with Gasteiger partial charge in [-0.1, -0.05) is 36.4 Å². The maximum Gasteiger partial charge on any atom is 0.338 e. The lowest BCUT2D eigenvalue weighted by molar-refractivity contribution is -0.250. The molecule has 1 aliphatic carbocycles. The van der Waals surface area contributed by atoms with Gasteiger partial charge in [0.2, 0.25) is 0 Å². The number of carbonyl (C=O) groups excluding carboxylic acids is 3. The minimum absolute atomic E-state index is 0.122. The molecule has 28 heavy (non-hydrogen) atoms. The van der Waals surface area contributed by atoms with Crippen LogP contribution in [0.2, 0.25) is 0 Å². The summed E-state index contributed by atoms with van der Waals surface area (Å²) >= 11 is 0. The first-order chi connectivity index (χ1) is 13.5. The number of benzene rings is 2. The van der Waals surface area contributed by atoms with Crippen molar-refractivity contribution in [3.63, 3.8) is 0 Å². The van der Waals surface area contributed by atoms with E-state index in [0.29, 0.717) is 5.56 Å². The first-order valence-corrected chi connectivity index (χ1v) is 8.88. The molecule has 3 fully saturated rings. The molecule has 4 atom stereocenters. The summed E-state index contributed by atoms with van der Waals surface area (Å²) in [5.41, 5.74) is -1.50. The van der Waals surface area contributed by atoms with Gasteiger partial charge in [0, 0.05) is 6.42 Å². The fourth-order valence-electron chi connectivity index (χ4n) is 3.48. The van der Waals surface area contributed by atoms with E-state index in [1.807, 2.05) is 0 Å². The van der Waals surface area contributed by atoms with Gasteiger partial charge in [0.1, 0.15) is 6.10 Å². The van der Waals surface area contributed by atoms with Crippen LogP contribution in [-0.2, 0) is 19.0 Å². The van der Waals surface area contributed by atoms with Crippen LogP contribution in [0.15, 0.2) is 60.7 Å². The Bertz CT molecular complexity index is 895. The second-order valence-electron chi connectivity index (χ2n) is 6.83. The molecule has 0 spiro atoms. The van der Waals surface area contributed by atoms with Crippen LogP contribution < -0.4 is 0 Å². The van der Waals surface area contributed by atoms with E-state index >= 15 is 0 Å². The smallest absolute Gasteiger partial charge is 0.338 e. The van der Waals surface area contributed by atoms with Gasteiger partial charge >= 0.3 is 11.9 Å². The standard InChI is InChI=1S/C21H18O7/c22-16-11-15-17(27-19(23)13-7-3-1-4-8-13)18(21(16,25)12-26-15)28-20(24)14-9-5-2-6-10-14/h1-10,15,17-18,25H,11-12H2/t15-,17+,18-,21-/m0/s1. The first kappa shape index (κ1) is 18.3. The Kier molecular flexibility index (Phi) is 4.70. The van der Waals surface area contributed by atoms with Crippen molar-refractivity contribution in [2.24, 2.45) is 0 Å². The predicted molar refractivity (Wildman–Crippen MR) is 95.6 cm³/mol. The Morgan fingerprint density at radius 2 is 1.46 bits per heavy atom. The number of Topliss-reactive ketones (excluding diaryl/α,β-unsaturated/α-hetero) is 1. The fourth-order valence-corrected chi connectivity index (χ4v) is 3.48. The van der Waals surface area contributed by atoms with Gasteiger partial charge in [0.25, 0.3) is 0 Å². The number of rotatable bonds is 4. The zero-order valence-electron chi connectivity index (χ0n) is 14.8. The molecule has 0 amide bonds. The number of carbonyl (C=O) groups is 3. The predicted octanol–water partition coefficient (Wildman–Crippen LogP) is 1.54. The van der Waals surface area contributed by atoms with Gasteiger partial charge in [-0.25, -0.2) is 9.59 Å². The van der Waals surface area contributed by atoms with Crippen molar-refractivity contribution in [1.82, 2.24) is 0 Å². The van der Waals surface area contributed by atoms with Crippen LogP contribution in [0.4, 0.5) is 0 Å². The van der Waals surface area contributed by atoms with Crippen LogP contribution in [0.1, 0.15) is 27.1 Å². The molecule has 5 rings (SSSR count). The molecule has 2 aliphatic heterocycles. The molecule has 144 valence electrons. The molecule has 3 aliphatic rings.